The van der Waals surface area contributed by atoms with Gasteiger partial charge in [0.2, 0.25) is 5.91 Å². The predicted molar refractivity (Wildman–Crippen MR) is 86.7 cm³/mol. The first-order valence-corrected chi connectivity index (χ1v) is 8.17. The molecule has 0 radical (unpaired) electrons. The van der Waals surface area contributed by atoms with Crippen LogP contribution < -0.4 is 11.1 Å². The summed E-state index contributed by atoms with van der Waals surface area (Å²) >= 11 is 0. The molecule has 0 bridgehead atoms. The summed E-state index contributed by atoms with van der Waals surface area (Å²) in [5.41, 5.74) is 5.97. The van der Waals surface area contributed by atoms with Crippen molar-refractivity contribution >= 4 is 5.91 Å². The molecule has 0 rings (SSSR count). The van der Waals surface area contributed by atoms with Crippen LogP contribution in [0.2, 0.25) is 0 Å². The van der Waals surface area contributed by atoms with Crippen LogP contribution in [0.25, 0.3) is 0 Å². The standard InChI is InChI=1S/C16H35N3O/c1-6-11-19(16(7-2,8-3)13-17)12-15(20)18-10-9-14(4)5/h14H,6-13,17H2,1-5H3,(H,18,20). The van der Waals surface area contributed by atoms with Gasteiger partial charge in [-0.2, -0.15) is 0 Å². The minimum absolute atomic E-state index is 0.0363. The SMILES string of the molecule is CCCN(CC(=O)NCCC(C)C)C(CC)(CC)CN. The van der Waals surface area contributed by atoms with E-state index >= 15 is 0 Å². The lowest BCUT2D eigenvalue weighted by molar-refractivity contribution is -0.124. The fourth-order valence-corrected chi connectivity index (χ4v) is 2.60. The van der Waals surface area contributed by atoms with Gasteiger partial charge in [0.05, 0.1) is 6.54 Å². The van der Waals surface area contributed by atoms with Gasteiger partial charge in [-0.15, -0.1) is 0 Å². The average molecular weight is 285 g/mol. The molecule has 0 saturated heterocycles. The topological polar surface area (TPSA) is 58.4 Å². The van der Waals surface area contributed by atoms with Crippen LogP contribution >= 0.6 is 0 Å². The van der Waals surface area contributed by atoms with Crippen molar-refractivity contribution in [3.05, 3.63) is 0 Å². The molecule has 0 aromatic rings. The Balaban J connectivity index is 4.55. The number of nitrogens with two attached hydrogens (primary N) is 1. The van der Waals surface area contributed by atoms with E-state index in [9.17, 15) is 4.79 Å². The van der Waals surface area contributed by atoms with Crippen molar-refractivity contribution in [1.82, 2.24) is 10.2 Å². The Hall–Kier alpha value is -0.610. The molecule has 20 heavy (non-hydrogen) atoms. The number of rotatable bonds is 11. The van der Waals surface area contributed by atoms with Crippen molar-refractivity contribution in [2.24, 2.45) is 11.7 Å². The molecule has 3 N–H and O–H groups in total. The van der Waals surface area contributed by atoms with Crippen molar-refractivity contribution in [2.75, 3.05) is 26.2 Å². The second kappa shape index (κ2) is 10.2. The highest BCUT2D eigenvalue weighted by Gasteiger charge is 2.32. The molecular weight excluding hydrogens is 250 g/mol. The van der Waals surface area contributed by atoms with E-state index in [2.05, 4.69) is 44.8 Å². The zero-order chi connectivity index (χ0) is 15.6. The Morgan fingerprint density at radius 1 is 1.25 bits per heavy atom. The van der Waals surface area contributed by atoms with E-state index in [1.54, 1.807) is 0 Å². The first kappa shape index (κ1) is 19.4. The fourth-order valence-electron chi connectivity index (χ4n) is 2.60. The number of hydrogen-bond donors (Lipinski definition) is 2. The molecule has 0 aromatic carbocycles. The van der Waals surface area contributed by atoms with E-state index in [1.165, 1.54) is 0 Å². The summed E-state index contributed by atoms with van der Waals surface area (Å²) in [5.74, 6) is 0.746. The van der Waals surface area contributed by atoms with Gasteiger partial charge in [-0.3, -0.25) is 9.69 Å². The highest BCUT2D eigenvalue weighted by atomic mass is 16.2. The van der Waals surface area contributed by atoms with Gasteiger partial charge >= 0.3 is 0 Å². The summed E-state index contributed by atoms with van der Waals surface area (Å²) in [6, 6.07) is 0. The number of carbonyl (C=O) groups excluding carboxylic acids is 1. The quantitative estimate of drug-likeness (QED) is 0.613. The zero-order valence-corrected chi connectivity index (χ0v) is 14.2. The van der Waals surface area contributed by atoms with Crippen molar-refractivity contribution < 1.29 is 4.79 Å². The number of nitrogens with one attached hydrogen (secondary N) is 1. The predicted octanol–water partition coefficient (Wildman–Crippen LogP) is 2.38. The van der Waals surface area contributed by atoms with E-state index in [1.807, 2.05) is 0 Å². The number of nitrogens with zero attached hydrogens (tertiary/aromatic N) is 1. The monoisotopic (exact) mass is 285 g/mol. The lowest BCUT2D eigenvalue weighted by Crippen LogP contribution is -2.56. The first-order chi connectivity index (χ1) is 9.45. The van der Waals surface area contributed by atoms with Gasteiger partial charge in [-0.25, -0.2) is 0 Å². The summed E-state index contributed by atoms with van der Waals surface area (Å²) in [5, 5.41) is 3.03. The molecule has 0 aliphatic carbocycles. The molecule has 0 atom stereocenters. The van der Waals surface area contributed by atoms with Crippen LogP contribution in [0.5, 0.6) is 0 Å². The molecular formula is C16H35N3O. The van der Waals surface area contributed by atoms with Crippen LogP contribution in [-0.4, -0.2) is 42.5 Å². The Morgan fingerprint density at radius 2 is 1.85 bits per heavy atom. The molecule has 0 fully saturated rings. The van der Waals surface area contributed by atoms with Gasteiger partial charge in [0.25, 0.3) is 0 Å². The van der Waals surface area contributed by atoms with Crippen LogP contribution in [0.15, 0.2) is 0 Å². The molecule has 4 nitrogen and oxygen atoms in total. The smallest absolute Gasteiger partial charge is 0.234 e. The third kappa shape index (κ3) is 6.23. The molecule has 0 saturated carbocycles. The van der Waals surface area contributed by atoms with E-state index in [4.69, 9.17) is 5.73 Å². The van der Waals surface area contributed by atoms with E-state index in [0.29, 0.717) is 19.0 Å². The second-order valence-corrected chi connectivity index (χ2v) is 6.09. The summed E-state index contributed by atoms with van der Waals surface area (Å²) < 4.78 is 0. The fraction of sp³-hybridized carbons (Fsp3) is 0.938. The van der Waals surface area contributed by atoms with E-state index in [-0.39, 0.29) is 11.4 Å². The second-order valence-electron chi connectivity index (χ2n) is 6.09. The van der Waals surface area contributed by atoms with Crippen molar-refractivity contribution in [2.45, 2.75) is 65.8 Å². The zero-order valence-electron chi connectivity index (χ0n) is 14.2. The Bertz CT molecular complexity index is 254. The summed E-state index contributed by atoms with van der Waals surface area (Å²) in [6.07, 6.45) is 4.04. The lowest BCUT2D eigenvalue weighted by atomic mass is 9.90. The molecule has 1 amide bonds. The molecule has 0 heterocycles. The normalized spacial score (nSPS) is 12.2. The number of carbonyl (C=O) groups is 1. The summed E-state index contributed by atoms with van der Waals surface area (Å²) in [4.78, 5) is 14.4. The van der Waals surface area contributed by atoms with Crippen molar-refractivity contribution in [1.29, 1.82) is 0 Å². The number of amides is 1. The van der Waals surface area contributed by atoms with E-state index < -0.39 is 0 Å². The van der Waals surface area contributed by atoms with Crippen LogP contribution in [0.4, 0.5) is 0 Å². The van der Waals surface area contributed by atoms with Crippen LogP contribution in [-0.2, 0) is 4.79 Å². The minimum atomic E-state index is -0.0363. The van der Waals surface area contributed by atoms with Crippen molar-refractivity contribution in [3.8, 4) is 0 Å². The van der Waals surface area contributed by atoms with Crippen LogP contribution in [0.1, 0.15) is 60.3 Å². The van der Waals surface area contributed by atoms with Gasteiger partial charge < -0.3 is 11.1 Å². The molecule has 4 heteroatoms. The Morgan fingerprint density at radius 3 is 2.25 bits per heavy atom. The van der Waals surface area contributed by atoms with Crippen LogP contribution in [0, 0.1) is 5.92 Å². The maximum atomic E-state index is 12.1. The van der Waals surface area contributed by atoms with E-state index in [0.717, 1.165) is 38.8 Å². The molecule has 0 spiro atoms. The molecule has 0 aliphatic heterocycles. The molecule has 0 aromatic heterocycles. The Labute approximate surface area is 125 Å². The highest BCUT2D eigenvalue weighted by Crippen LogP contribution is 2.22. The van der Waals surface area contributed by atoms with Gasteiger partial charge in [0.15, 0.2) is 0 Å². The van der Waals surface area contributed by atoms with Crippen LogP contribution in [0.3, 0.4) is 0 Å². The largest absolute Gasteiger partial charge is 0.355 e. The Kier molecular flexibility index (Phi) is 9.86. The summed E-state index contributed by atoms with van der Waals surface area (Å²) in [7, 11) is 0. The van der Waals surface area contributed by atoms with Gasteiger partial charge in [0, 0.05) is 18.6 Å². The third-order valence-electron chi connectivity index (χ3n) is 4.24. The molecule has 0 aliphatic rings. The molecule has 0 unspecified atom stereocenters. The lowest BCUT2D eigenvalue weighted by Gasteiger charge is -2.42. The average Bonchev–Trinajstić information content (AvgIpc) is 2.41. The number of hydrogen-bond acceptors (Lipinski definition) is 3. The van der Waals surface area contributed by atoms with Gasteiger partial charge in [-0.05, 0) is 38.1 Å². The minimum Gasteiger partial charge on any atom is -0.355 e. The first-order valence-electron chi connectivity index (χ1n) is 8.17. The van der Waals surface area contributed by atoms with Crippen molar-refractivity contribution in [3.63, 3.8) is 0 Å². The maximum Gasteiger partial charge on any atom is 0.234 e. The maximum absolute atomic E-state index is 12.1. The highest BCUT2D eigenvalue weighted by molar-refractivity contribution is 5.78. The molecule has 120 valence electrons. The van der Waals surface area contributed by atoms with Gasteiger partial charge in [-0.1, -0.05) is 34.6 Å². The summed E-state index contributed by atoms with van der Waals surface area (Å²) in [6.45, 7) is 13.6. The van der Waals surface area contributed by atoms with Gasteiger partial charge in [0.1, 0.15) is 0 Å². The third-order valence-corrected chi connectivity index (χ3v) is 4.24.